The predicted molar refractivity (Wildman–Crippen MR) is 106 cm³/mol. The molecule has 0 aromatic heterocycles. The average molecular weight is 306 g/mol. The van der Waals surface area contributed by atoms with Gasteiger partial charge in [-0.25, -0.2) is 0 Å². The van der Waals surface area contributed by atoms with Gasteiger partial charge in [-0.05, 0) is 68.1 Å². The van der Waals surface area contributed by atoms with Crippen LogP contribution in [0.3, 0.4) is 0 Å². The molecule has 0 heterocycles. The predicted octanol–water partition coefficient (Wildman–Crippen LogP) is 6.92. The first kappa shape index (κ1) is 13.6. The molecule has 24 heavy (non-hydrogen) atoms. The molecule has 114 valence electrons. The summed E-state index contributed by atoms with van der Waals surface area (Å²) in [4.78, 5) is 0. The highest BCUT2D eigenvalue weighted by Gasteiger charge is 2.09. The fourth-order valence-corrected chi connectivity index (χ4v) is 4.02. The molecular weight excluding hydrogens is 288 g/mol. The van der Waals surface area contributed by atoms with Crippen LogP contribution >= 0.6 is 0 Å². The minimum atomic E-state index is 1.30. The molecule has 0 heteroatoms. The Bertz CT molecular complexity index is 1260. The number of hydrogen-bond acceptors (Lipinski definition) is 0. The van der Waals surface area contributed by atoms with Crippen LogP contribution in [-0.4, -0.2) is 0 Å². The van der Waals surface area contributed by atoms with Crippen LogP contribution in [0.5, 0.6) is 0 Å². The molecule has 0 saturated heterocycles. The molecule has 5 rings (SSSR count). The van der Waals surface area contributed by atoms with Gasteiger partial charge >= 0.3 is 0 Å². The minimum Gasteiger partial charge on any atom is -0.0616 e. The third-order valence-corrected chi connectivity index (χ3v) is 5.43. The Balaban J connectivity index is 2.04. The van der Waals surface area contributed by atoms with E-state index in [1.165, 1.54) is 54.2 Å². The normalized spacial score (nSPS) is 11.8. The Morgan fingerprint density at radius 3 is 1.92 bits per heavy atom. The molecule has 0 unspecified atom stereocenters. The number of fused-ring (bicyclic) bond motifs is 7. The van der Waals surface area contributed by atoms with Gasteiger partial charge in [-0.15, -0.1) is 0 Å². The Labute approximate surface area is 141 Å². The second-order valence-corrected chi connectivity index (χ2v) is 6.71. The molecule has 0 nitrogen and oxygen atoms in total. The topological polar surface area (TPSA) is 0 Å². The largest absolute Gasteiger partial charge is 0.0616 e. The van der Waals surface area contributed by atoms with Gasteiger partial charge in [0.2, 0.25) is 0 Å². The van der Waals surface area contributed by atoms with Crippen LogP contribution in [0.2, 0.25) is 0 Å². The van der Waals surface area contributed by atoms with Crippen molar-refractivity contribution in [1.82, 2.24) is 0 Å². The van der Waals surface area contributed by atoms with E-state index in [9.17, 15) is 0 Å². The highest BCUT2D eigenvalue weighted by molar-refractivity contribution is 6.22. The van der Waals surface area contributed by atoms with E-state index in [4.69, 9.17) is 0 Å². The summed E-state index contributed by atoms with van der Waals surface area (Å²) in [6, 6.07) is 26.8. The lowest BCUT2D eigenvalue weighted by Gasteiger charge is -2.12. The molecular formula is C24H18. The smallest absolute Gasteiger partial charge is 0.00733 e. The summed E-state index contributed by atoms with van der Waals surface area (Å²) in [6.07, 6.45) is 0. The number of aryl methyl sites for hydroxylation is 2. The summed E-state index contributed by atoms with van der Waals surface area (Å²) in [7, 11) is 0. The number of rotatable bonds is 0. The quantitative estimate of drug-likeness (QED) is 0.272. The molecule has 0 aliphatic heterocycles. The summed E-state index contributed by atoms with van der Waals surface area (Å²) in [5, 5.41) is 10.7. The van der Waals surface area contributed by atoms with Gasteiger partial charge in [0.05, 0.1) is 0 Å². The Morgan fingerprint density at radius 2 is 1.04 bits per heavy atom. The lowest BCUT2D eigenvalue weighted by atomic mass is 9.91. The summed E-state index contributed by atoms with van der Waals surface area (Å²) >= 11 is 0. The zero-order valence-corrected chi connectivity index (χ0v) is 13.9. The maximum atomic E-state index is 2.30. The van der Waals surface area contributed by atoms with Crippen molar-refractivity contribution in [2.75, 3.05) is 0 Å². The molecule has 0 bridgehead atoms. The molecule has 5 aromatic carbocycles. The van der Waals surface area contributed by atoms with Gasteiger partial charge < -0.3 is 0 Å². The fraction of sp³-hybridized carbons (Fsp3) is 0.0833. The molecule has 0 saturated carbocycles. The van der Waals surface area contributed by atoms with E-state index < -0.39 is 0 Å². The zero-order valence-electron chi connectivity index (χ0n) is 13.9. The summed E-state index contributed by atoms with van der Waals surface area (Å²) in [5.41, 5.74) is 2.74. The van der Waals surface area contributed by atoms with E-state index in [-0.39, 0.29) is 0 Å². The van der Waals surface area contributed by atoms with Gasteiger partial charge in [-0.3, -0.25) is 0 Å². The molecule has 0 spiro atoms. The van der Waals surface area contributed by atoms with Gasteiger partial charge in [-0.2, -0.15) is 0 Å². The molecule has 0 aliphatic carbocycles. The van der Waals surface area contributed by atoms with Crippen LogP contribution in [-0.2, 0) is 0 Å². The van der Waals surface area contributed by atoms with Crippen LogP contribution in [0.15, 0.2) is 72.8 Å². The summed E-state index contributed by atoms with van der Waals surface area (Å²) < 4.78 is 0. The molecule has 0 amide bonds. The Morgan fingerprint density at radius 1 is 0.458 bits per heavy atom. The molecule has 0 fully saturated rings. The zero-order chi connectivity index (χ0) is 16.3. The van der Waals surface area contributed by atoms with Crippen molar-refractivity contribution in [2.45, 2.75) is 13.8 Å². The van der Waals surface area contributed by atoms with Gasteiger partial charge in [0, 0.05) is 0 Å². The summed E-state index contributed by atoms with van der Waals surface area (Å²) in [5.74, 6) is 0. The SMILES string of the molecule is Cc1ccc2ccc3c4ccc5ccccc5c4ccc3c2c1C. The van der Waals surface area contributed by atoms with Crippen LogP contribution in [0.1, 0.15) is 11.1 Å². The van der Waals surface area contributed by atoms with E-state index >= 15 is 0 Å². The lowest BCUT2D eigenvalue weighted by molar-refractivity contribution is 1.39. The Kier molecular flexibility index (Phi) is 2.72. The van der Waals surface area contributed by atoms with Crippen LogP contribution in [0, 0.1) is 13.8 Å². The van der Waals surface area contributed by atoms with E-state index in [1.807, 2.05) is 0 Å². The van der Waals surface area contributed by atoms with Gasteiger partial charge in [-0.1, -0.05) is 72.8 Å². The minimum absolute atomic E-state index is 1.30. The first-order valence-corrected chi connectivity index (χ1v) is 8.47. The standard InChI is InChI=1S/C24H18/c1-15-7-8-18-10-12-22-21-11-9-17-5-3-4-6-19(17)20(21)13-14-23(22)24(18)16(15)2/h3-14H,1-2H3. The Hall–Kier alpha value is -2.86. The second kappa shape index (κ2) is 4.82. The van der Waals surface area contributed by atoms with Gasteiger partial charge in [0.25, 0.3) is 0 Å². The third-order valence-electron chi connectivity index (χ3n) is 5.43. The van der Waals surface area contributed by atoms with Crippen LogP contribution in [0.25, 0.3) is 43.1 Å². The molecule has 0 radical (unpaired) electrons. The first-order chi connectivity index (χ1) is 11.7. The van der Waals surface area contributed by atoms with Crippen molar-refractivity contribution >= 4 is 43.1 Å². The van der Waals surface area contributed by atoms with Crippen LogP contribution in [0.4, 0.5) is 0 Å². The highest BCUT2D eigenvalue weighted by Crippen LogP contribution is 2.36. The van der Waals surface area contributed by atoms with E-state index in [0.717, 1.165) is 0 Å². The molecule has 0 aliphatic rings. The van der Waals surface area contributed by atoms with E-state index in [2.05, 4.69) is 86.6 Å². The monoisotopic (exact) mass is 306 g/mol. The molecule has 5 aromatic rings. The van der Waals surface area contributed by atoms with Gasteiger partial charge in [0.15, 0.2) is 0 Å². The van der Waals surface area contributed by atoms with Crippen molar-refractivity contribution < 1.29 is 0 Å². The van der Waals surface area contributed by atoms with Gasteiger partial charge in [0.1, 0.15) is 0 Å². The maximum absolute atomic E-state index is 2.30. The van der Waals surface area contributed by atoms with Crippen molar-refractivity contribution in [3.8, 4) is 0 Å². The average Bonchev–Trinajstić information content (AvgIpc) is 2.63. The molecule has 0 N–H and O–H groups in total. The van der Waals surface area contributed by atoms with Crippen molar-refractivity contribution in [1.29, 1.82) is 0 Å². The second-order valence-electron chi connectivity index (χ2n) is 6.71. The lowest BCUT2D eigenvalue weighted by Crippen LogP contribution is -1.87. The third kappa shape index (κ3) is 1.74. The summed E-state index contributed by atoms with van der Waals surface area (Å²) in [6.45, 7) is 4.43. The van der Waals surface area contributed by atoms with Crippen LogP contribution < -0.4 is 0 Å². The van der Waals surface area contributed by atoms with Crippen molar-refractivity contribution in [3.63, 3.8) is 0 Å². The van der Waals surface area contributed by atoms with E-state index in [0.29, 0.717) is 0 Å². The van der Waals surface area contributed by atoms with E-state index in [1.54, 1.807) is 0 Å². The van der Waals surface area contributed by atoms with Crippen molar-refractivity contribution in [2.24, 2.45) is 0 Å². The molecule has 0 atom stereocenters. The fourth-order valence-electron chi connectivity index (χ4n) is 4.02. The van der Waals surface area contributed by atoms with Crippen molar-refractivity contribution in [3.05, 3.63) is 83.9 Å². The number of benzene rings is 5. The highest BCUT2D eigenvalue weighted by atomic mass is 14.1. The maximum Gasteiger partial charge on any atom is -0.00733 e. The first-order valence-electron chi connectivity index (χ1n) is 8.47. The number of hydrogen-bond donors (Lipinski definition) is 0.